The SMILES string of the molecule is CN(C(=O)Sc1nnnn1-c1cccc(C(=O)Oc2ccccc2)c1)c1cccc2c(O)c(C(=O)Nc3ccccc3)ccc12. The van der Waals surface area contributed by atoms with Crippen molar-refractivity contribution >= 4 is 51.0 Å². The van der Waals surface area contributed by atoms with Crippen molar-refractivity contribution in [1.82, 2.24) is 20.2 Å². The number of esters is 1. The van der Waals surface area contributed by atoms with Crippen LogP contribution in [0, 0.1) is 0 Å². The van der Waals surface area contributed by atoms with Gasteiger partial charge in [-0.05, 0) is 65.0 Å². The van der Waals surface area contributed by atoms with Crippen molar-refractivity contribution in [2.24, 2.45) is 0 Å². The molecule has 2 N–H and O–H groups in total. The smallest absolute Gasteiger partial charge is 0.343 e. The summed E-state index contributed by atoms with van der Waals surface area (Å²) in [7, 11) is 1.59. The van der Waals surface area contributed by atoms with Crippen molar-refractivity contribution in [3.63, 3.8) is 0 Å². The van der Waals surface area contributed by atoms with E-state index in [4.69, 9.17) is 4.74 Å². The maximum atomic E-state index is 13.5. The van der Waals surface area contributed by atoms with Crippen molar-refractivity contribution in [3.05, 3.63) is 126 Å². The molecule has 0 atom stereocenters. The summed E-state index contributed by atoms with van der Waals surface area (Å²) in [6, 6.07) is 32.5. The minimum atomic E-state index is -0.555. The molecule has 0 radical (unpaired) electrons. The first-order valence-electron chi connectivity index (χ1n) is 13.6. The summed E-state index contributed by atoms with van der Waals surface area (Å²) in [5.41, 5.74) is 1.93. The van der Waals surface area contributed by atoms with Crippen LogP contribution in [-0.2, 0) is 0 Å². The number of hydrogen-bond acceptors (Lipinski definition) is 9. The first kappa shape index (κ1) is 29.1. The number of phenolic OH excluding ortho intramolecular Hbond substituents is 1. The summed E-state index contributed by atoms with van der Waals surface area (Å²) in [4.78, 5) is 40.5. The number of phenols is 1. The standard InChI is InChI=1S/C33H24N6O5S/c1-38(28-17-9-16-26-25(28)18-19-27(29(26)40)30(41)34-22-11-4-2-5-12-22)33(43)45-32-35-36-37-39(32)23-13-8-10-21(20-23)31(42)44-24-14-6-3-7-15-24/h2-20,40H,1H3,(H,34,41). The predicted octanol–water partition coefficient (Wildman–Crippen LogP) is 6.34. The lowest BCUT2D eigenvalue weighted by Crippen LogP contribution is -2.22. The molecule has 0 aliphatic heterocycles. The van der Waals surface area contributed by atoms with Crippen LogP contribution in [0.1, 0.15) is 20.7 Å². The molecule has 12 heteroatoms. The Kier molecular flexibility index (Phi) is 8.20. The first-order valence-corrected chi connectivity index (χ1v) is 14.4. The zero-order valence-corrected chi connectivity index (χ0v) is 24.5. The Balaban J connectivity index is 1.21. The summed E-state index contributed by atoms with van der Waals surface area (Å²) >= 11 is 0.785. The van der Waals surface area contributed by atoms with Crippen LogP contribution in [0.5, 0.6) is 11.5 Å². The Morgan fingerprint density at radius 3 is 2.36 bits per heavy atom. The van der Waals surface area contributed by atoms with Gasteiger partial charge in [-0.25, -0.2) is 4.79 Å². The summed E-state index contributed by atoms with van der Waals surface area (Å²) in [6.45, 7) is 0. The molecule has 5 aromatic carbocycles. The summed E-state index contributed by atoms with van der Waals surface area (Å²) < 4.78 is 6.78. The molecule has 0 aliphatic carbocycles. The Morgan fingerprint density at radius 2 is 1.58 bits per heavy atom. The molecule has 6 aromatic rings. The second-order valence-electron chi connectivity index (χ2n) is 9.71. The molecule has 1 aromatic heterocycles. The van der Waals surface area contributed by atoms with E-state index in [9.17, 15) is 19.5 Å². The lowest BCUT2D eigenvalue weighted by atomic mass is 10.0. The molecule has 222 valence electrons. The Bertz CT molecular complexity index is 2030. The van der Waals surface area contributed by atoms with Gasteiger partial charge in [0.05, 0.1) is 22.5 Å². The van der Waals surface area contributed by atoms with Gasteiger partial charge in [0.1, 0.15) is 11.5 Å². The van der Waals surface area contributed by atoms with Crippen molar-refractivity contribution in [3.8, 4) is 17.2 Å². The molecule has 45 heavy (non-hydrogen) atoms. The average molecular weight is 617 g/mol. The van der Waals surface area contributed by atoms with Crippen LogP contribution >= 0.6 is 11.8 Å². The maximum absolute atomic E-state index is 13.5. The number of thioether (sulfide) groups is 1. The second kappa shape index (κ2) is 12.7. The highest BCUT2D eigenvalue weighted by Crippen LogP contribution is 2.36. The fourth-order valence-electron chi connectivity index (χ4n) is 4.59. The van der Waals surface area contributed by atoms with E-state index in [1.54, 1.807) is 104 Å². The topological polar surface area (TPSA) is 140 Å². The minimum absolute atomic E-state index is 0.0981. The highest BCUT2D eigenvalue weighted by molar-refractivity contribution is 8.13. The van der Waals surface area contributed by atoms with Crippen LogP contribution in [0.25, 0.3) is 16.5 Å². The molecule has 0 aliphatic rings. The molecular weight excluding hydrogens is 592 g/mol. The third-order valence-corrected chi connectivity index (χ3v) is 7.71. The van der Waals surface area contributed by atoms with E-state index in [0.717, 1.165) is 11.8 Å². The van der Waals surface area contributed by atoms with Crippen molar-refractivity contribution in [2.45, 2.75) is 5.16 Å². The molecule has 2 amide bonds. The van der Waals surface area contributed by atoms with Gasteiger partial charge in [0, 0.05) is 35.3 Å². The van der Waals surface area contributed by atoms with Crippen molar-refractivity contribution in [1.29, 1.82) is 0 Å². The van der Waals surface area contributed by atoms with Gasteiger partial charge in [-0.3, -0.25) is 9.59 Å². The molecule has 0 spiro atoms. The number of nitrogens with one attached hydrogen (secondary N) is 1. The molecule has 1 heterocycles. The Hall–Kier alpha value is -6.01. The van der Waals surface area contributed by atoms with Gasteiger partial charge in [0.15, 0.2) is 0 Å². The van der Waals surface area contributed by atoms with Gasteiger partial charge >= 0.3 is 5.97 Å². The van der Waals surface area contributed by atoms with Gasteiger partial charge < -0.3 is 20.1 Å². The van der Waals surface area contributed by atoms with Crippen LogP contribution in [0.3, 0.4) is 0 Å². The number of benzene rings is 5. The van der Waals surface area contributed by atoms with Crippen molar-refractivity contribution in [2.75, 3.05) is 17.3 Å². The lowest BCUT2D eigenvalue weighted by molar-refractivity contribution is 0.0734. The van der Waals surface area contributed by atoms with Crippen LogP contribution in [-0.4, -0.2) is 49.5 Å². The number of nitrogens with zero attached hydrogens (tertiary/aromatic N) is 5. The van der Waals surface area contributed by atoms with Gasteiger partial charge in [-0.15, -0.1) is 5.10 Å². The number of fused-ring (bicyclic) bond motifs is 1. The zero-order chi connectivity index (χ0) is 31.3. The normalized spacial score (nSPS) is 10.8. The summed E-state index contributed by atoms with van der Waals surface area (Å²) in [5.74, 6) is -0.809. The van der Waals surface area contributed by atoms with Crippen LogP contribution in [0.4, 0.5) is 16.2 Å². The minimum Gasteiger partial charge on any atom is -0.506 e. The first-order chi connectivity index (χ1) is 21.9. The zero-order valence-electron chi connectivity index (χ0n) is 23.7. The van der Waals surface area contributed by atoms with Crippen LogP contribution in [0.15, 0.2) is 120 Å². The molecular formula is C33H24N6O5S. The van der Waals surface area contributed by atoms with Gasteiger partial charge in [-0.2, -0.15) is 4.68 Å². The second-order valence-corrected chi connectivity index (χ2v) is 10.6. The maximum Gasteiger partial charge on any atom is 0.343 e. The third-order valence-electron chi connectivity index (χ3n) is 6.82. The van der Waals surface area contributed by atoms with E-state index >= 15 is 0 Å². The van der Waals surface area contributed by atoms with Gasteiger partial charge in [0.2, 0.25) is 5.16 Å². The molecule has 11 nitrogen and oxygen atoms in total. The summed E-state index contributed by atoms with van der Waals surface area (Å²) in [6.07, 6.45) is 0. The molecule has 6 rings (SSSR count). The third kappa shape index (κ3) is 6.21. The van der Waals surface area contributed by atoms with E-state index in [-0.39, 0.29) is 22.0 Å². The average Bonchev–Trinajstić information content (AvgIpc) is 3.53. The number of rotatable bonds is 7. The van der Waals surface area contributed by atoms with Gasteiger partial charge in [-0.1, -0.05) is 60.7 Å². The van der Waals surface area contributed by atoms with E-state index in [1.807, 2.05) is 12.1 Å². The fourth-order valence-corrected chi connectivity index (χ4v) is 5.29. The highest BCUT2D eigenvalue weighted by atomic mass is 32.2. The van der Waals surface area contributed by atoms with Gasteiger partial charge in [0.25, 0.3) is 11.1 Å². The predicted molar refractivity (Wildman–Crippen MR) is 170 cm³/mol. The number of amides is 2. The number of ether oxygens (including phenoxy) is 1. The Morgan fingerprint density at radius 1 is 0.844 bits per heavy atom. The van der Waals surface area contributed by atoms with Crippen molar-refractivity contribution < 1.29 is 24.2 Å². The number of aromatic hydroxyl groups is 1. The van der Waals surface area contributed by atoms with Crippen LogP contribution in [0.2, 0.25) is 0 Å². The number of carbonyl (C=O) groups is 3. The quantitative estimate of drug-likeness (QED) is 0.119. The summed E-state index contributed by atoms with van der Waals surface area (Å²) in [5, 5.41) is 26.3. The fraction of sp³-hybridized carbons (Fsp3) is 0.0303. The number of para-hydroxylation sites is 2. The molecule has 0 saturated carbocycles. The molecule has 0 saturated heterocycles. The van der Waals surface area contributed by atoms with E-state index < -0.39 is 17.1 Å². The lowest BCUT2D eigenvalue weighted by Gasteiger charge is -2.19. The number of tetrazole rings is 1. The largest absolute Gasteiger partial charge is 0.506 e. The molecule has 0 unspecified atom stereocenters. The number of hydrogen-bond donors (Lipinski definition) is 2. The highest BCUT2D eigenvalue weighted by Gasteiger charge is 2.22. The van der Waals surface area contributed by atoms with E-state index in [0.29, 0.717) is 33.6 Å². The van der Waals surface area contributed by atoms with E-state index in [2.05, 4.69) is 20.8 Å². The van der Waals surface area contributed by atoms with Crippen LogP contribution < -0.4 is 15.0 Å². The molecule has 0 bridgehead atoms. The number of carbonyl (C=O) groups excluding carboxylic acids is 3. The number of aromatic nitrogens is 4. The molecule has 0 fully saturated rings. The van der Waals surface area contributed by atoms with E-state index in [1.165, 1.54) is 15.6 Å². The number of anilines is 2. The monoisotopic (exact) mass is 616 g/mol. The Labute approximate surface area is 261 Å².